The monoisotopic (exact) mass is 136 g/mol. The molecule has 3 bridgehead atoms. The first-order valence-corrected chi connectivity index (χ1v) is 4.62. The molecule has 0 aromatic carbocycles. The Balaban J connectivity index is 2.00. The van der Waals surface area contributed by atoms with Crippen molar-refractivity contribution in [2.75, 3.05) is 0 Å². The Morgan fingerprint density at radius 2 is 1.30 bits per heavy atom. The lowest BCUT2D eigenvalue weighted by Crippen LogP contribution is -2.63. The Bertz CT molecular complexity index is 155. The molecule has 0 N–H and O–H groups in total. The van der Waals surface area contributed by atoms with E-state index in [0.29, 0.717) is 0 Å². The first kappa shape index (κ1) is 5.62. The maximum absolute atomic E-state index is 2.49. The standard InChI is InChI=1S/C10H16/c1-9(2)7-3-10(4-7)5-8(9)6-10/h7-8H,3-6H2,1-2H3. The van der Waals surface area contributed by atoms with Crippen molar-refractivity contribution in [1.82, 2.24) is 0 Å². The summed E-state index contributed by atoms with van der Waals surface area (Å²) in [5.74, 6) is 2.22. The quantitative estimate of drug-likeness (QED) is 0.480. The maximum atomic E-state index is 2.49. The van der Waals surface area contributed by atoms with Crippen molar-refractivity contribution >= 4 is 0 Å². The highest BCUT2D eigenvalue weighted by Gasteiger charge is 2.66. The minimum atomic E-state index is 0.722. The van der Waals surface area contributed by atoms with Gasteiger partial charge in [0.25, 0.3) is 0 Å². The third kappa shape index (κ3) is 0.383. The minimum Gasteiger partial charge on any atom is -0.0594 e. The molecular weight excluding hydrogens is 120 g/mol. The van der Waals surface area contributed by atoms with Gasteiger partial charge in [0.1, 0.15) is 0 Å². The molecule has 6 saturated carbocycles. The molecular formula is C10H16. The van der Waals surface area contributed by atoms with Crippen molar-refractivity contribution < 1.29 is 0 Å². The fourth-order valence-electron chi connectivity index (χ4n) is 3.69. The van der Waals surface area contributed by atoms with Gasteiger partial charge in [-0.25, -0.2) is 0 Å². The predicted molar refractivity (Wildman–Crippen MR) is 41.7 cm³/mol. The second-order valence-corrected chi connectivity index (χ2v) is 5.53. The average Bonchev–Trinajstić information content (AvgIpc) is 1.50. The van der Waals surface area contributed by atoms with Crippen LogP contribution in [0.3, 0.4) is 0 Å². The third-order valence-electron chi connectivity index (χ3n) is 4.82. The fraction of sp³-hybridized carbons (Fsp3) is 1.00. The van der Waals surface area contributed by atoms with Crippen molar-refractivity contribution in [2.24, 2.45) is 22.7 Å². The SMILES string of the molecule is CC1(C)C2CC3(C2)CC1C3. The summed E-state index contributed by atoms with van der Waals surface area (Å²) in [7, 11) is 0. The Hall–Kier alpha value is 0. The summed E-state index contributed by atoms with van der Waals surface area (Å²) in [5.41, 5.74) is 1.64. The first-order chi connectivity index (χ1) is 4.62. The van der Waals surface area contributed by atoms with Gasteiger partial charge in [0.05, 0.1) is 0 Å². The molecule has 0 atom stereocenters. The van der Waals surface area contributed by atoms with E-state index >= 15 is 0 Å². The molecule has 0 aromatic heterocycles. The van der Waals surface area contributed by atoms with E-state index in [9.17, 15) is 0 Å². The van der Waals surface area contributed by atoms with Crippen LogP contribution in [0.15, 0.2) is 0 Å². The van der Waals surface area contributed by atoms with Crippen LogP contribution in [0.1, 0.15) is 39.5 Å². The zero-order valence-corrected chi connectivity index (χ0v) is 6.98. The van der Waals surface area contributed by atoms with Crippen molar-refractivity contribution in [3.63, 3.8) is 0 Å². The second kappa shape index (κ2) is 1.19. The molecule has 1 spiro atoms. The first-order valence-electron chi connectivity index (χ1n) is 4.62. The van der Waals surface area contributed by atoms with Gasteiger partial charge in [-0.05, 0) is 48.3 Å². The van der Waals surface area contributed by atoms with Crippen LogP contribution in [-0.4, -0.2) is 0 Å². The lowest BCUT2D eigenvalue weighted by atomic mass is 9.32. The zero-order chi connectivity index (χ0) is 6.98. The summed E-state index contributed by atoms with van der Waals surface area (Å²) >= 11 is 0. The van der Waals surface area contributed by atoms with E-state index in [1.54, 1.807) is 25.7 Å². The topological polar surface area (TPSA) is 0 Å². The number of rotatable bonds is 0. The molecule has 0 aromatic rings. The smallest absolute Gasteiger partial charge is 0.0286 e. The molecule has 6 rings (SSSR count). The highest BCUT2D eigenvalue weighted by atomic mass is 14.7. The van der Waals surface area contributed by atoms with Crippen LogP contribution in [0.25, 0.3) is 0 Å². The van der Waals surface area contributed by atoms with Crippen LogP contribution < -0.4 is 0 Å². The van der Waals surface area contributed by atoms with Crippen molar-refractivity contribution in [3.05, 3.63) is 0 Å². The molecule has 0 radical (unpaired) electrons. The van der Waals surface area contributed by atoms with E-state index in [2.05, 4.69) is 13.8 Å². The van der Waals surface area contributed by atoms with Crippen molar-refractivity contribution in [3.8, 4) is 0 Å². The van der Waals surface area contributed by atoms with E-state index in [0.717, 1.165) is 22.7 Å². The molecule has 0 heteroatoms. The molecule has 10 heavy (non-hydrogen) atoms. The molecule has 6 aliphatic rings. The van der Waals surface area contributed by atoms with Crippen molar-refractivity contribution in [2.45, 2.75) is 39.5 Å². The lowest BCUT2D eigenvalue weighted by Gasteiger charge is -2.73. The minimum absolute atomic E-state index is 0.722. The Kier molecular flexibility index (Phi) is 0.669. The zero-order valence-electron chi connectivity index (χ0n) is 6.98. The van der Waals surface area contributed by atoms with Crippen molar-refractivity contribution in [1.29, 1.82) is 0 Å². The van der Waals surface area contributed by atoms with Gasteiger partial charge in [0, 0.05) is 0 Å². The third-order valence-corrected chi connectivity index (χ3v) is 4.82. The molecule has 0 saturated heterocycles. The van der Waals surface area contributed by atoms with Gasteiger partial charge in [-0.2, -0.15) is 0 Å². The van der Waals surface area contributed by atoms with E-state index in [4.69, 9.17) is 0 Å². The van der Waals surface area contributed by atoms with Gasteiger partial charge in [0.2, 0.25) is 0 Å². The lowest BCUT2D eigenvalue weighted by molar-refractivity contribution is -0.228. The predicted octanol–water partition coefficient (Wildman–Crippen LogP) is 2.83. The summed E-state index contributed by atoms with van der Waals surface area (Å²) in [4.78, 5) is 0. The Morgan fingerprint density at radius 1 is 0.900 bits per heavy atom. The van der Waals surface area contributed by atoms with Gasteiger partial charge in [-0.15, -0.1) is 0 Å². The average molecular weight is 136 g/mol. The largest absolute Gasteiger partial charge is 0.0594 e. The normalized spacial score (nSPS) is 60.6. The van der Waals surface area contributed by atoms with Crippen LogP contribution in [0.4, 0.5) is 0 Å². The summed E-state index contributed by atoms with van der Waals surface area (Å²) in [5, 5.41) is 0. The van der Waals surface area contributed by atoms with Crippen LogP contribution in [0.2, 0.25) is 0 Å². The van der Waals surface area contributed by atoms with Crippen LogP contribution in [-0.2, 0) is 0 Å². The molecule has 0 aliphatic heterocycles. The summed E-state index contributed by atoms with van der Waals surface area (Å²) in [6.45, 7) is 4.98. The van der Waals surface area contributed by atoms with Gasteiger partial charge in [-0.3, -0.25) is 0 Å². The van der Waals surface area contributed by atoms with Gasteiger partial charge in [0.15, 0.2) is 0 Å². The van der Waals surface area contributed by atoms with E-state index in [-0.39, 0.29) is 0 Å². The summed E-state index contributed by atoms with van der Waals surface area (Å²) in [6, 6.07) is 0. The molecule has 56 valence electrons. The fourth-order valence-corrected chi connectivity index (χ4v) is 3.69. The van der Waals surface area contributed by atoms with E-state index in [1.807, 2.05) is 0 Å². The summed E-state index contributed by atoms with van der Waals surface area (Å²) in [6.07, 6.45) is 6.32. The van der Waals surface area contributed by atoms with Gasteiger partial charge >= 0.3 is 0 Å². The van der Waals surface area contributed by atoms with Crippen LogP contribution in [0, 0.1) is 22.7 Å². The van der Waals surface area contributed by atoms with E-state index < -0.39 is 0 Å². The number of hydrogen-bond acceptors (Lipinski definition) is 0. The molecule has 0 amide bonds. The van der Waals surface area contributed by atoms with Gasteiger partial charge < -0.3 is 0 Å². The van der Waals surface area contributed by atoms with Gasteiger partial charge in [-0.1, -0.05) is 13.8 Å². The highest BCUT2D eigenvalue weighted by Crippen LogP contribution is 2.75. The van der Waals surface area contributed by atoms with Crippen LogP contribution >= 0.6 is 0 Å². The molecule has 0 nitrogen and oxygen atoms in total. The second-order valence-electron chi connectivity index (χ2n) is 5.53. The molecule has 6 fully saturated rings. The number of hydrogen-bond donors (Lipinski definition) is 0. The Morgan fingerprint density at radius 3 is 1.50 bits per heavy atom. The summed E-state index contributed by atoms with van der Waals surface area (Å²) < 4.78 is 0. The van der Waals surface area contributed by atoms with Crippen LogP contribution in [0.5, 0.6) is 0 Å². The molecule has 0 unspecified atom stereocenters. The Labute approximate surface area is 63.0 Å². The molecule has 6 aliphatic carbocycles. The van der Waals surface area contributed by atoms with E-state index in [1.165, 1.54) is 0 Å². The highest BCUT2D eigenvalue weighted by molar-refractivity contribution is 5.16. The maximum Gasteiger partial charge on any atom is -0.0286 e. The molecule has 0 heterocycles.